The molecule has 3 rings (SSSR count). The molecule has 0 radical (unpaired) electrons. The molecule has 20 heavy (non-hydrogen) atoms. The van der Waals surface area contributed by atoms with E-state index in [2.05, 4.69) is 6.58 Å². The van der Waals surface area contributed by atoms with Crippen molar-refractivity contribution in [2.24, 2.45) is 11.5 Å². The van der Waals surface area contributed by atoms with Gasteiger partial charge in [0.05, 0.1) is 0 Å². The summed E-state index contributed by atoms with van der Waals surface area (Å²) in [6, 6.07) is 15.0. The number of fused-ring (bicyclic) bond motifs is 3. The first kappa shape index (κ1) is 12.6. The summed E-state index contributed by atoms with van der Waals surface area (Å²) >= 11 is 0. The summed E-state index contributed by atoms with van der Waals surface area (Å²) in [5.41, 5.74) is 14.7. The van der Waals surface area contributed by atoms with E-state index < -0.39 is 17.4 Å². The molecule has 100 valence electrons. The smallest absolute Gasteiger partial charge is 0.234 e. The predicted octanol–water partition coefficient (Wildman–Crippen LogP) is 1.95. The Hall–Kier alpha value is -2.39. The molecule has 4 N–H and O–H groups in total. The van der Waals surface area contributed by atoms with Gasteiger partial charge in [0.1, 0.15) is 5.41 Å². The molecule has 0 aliphatic heterocycles. The highest BCUT2D eigenvalue weighted by atomic mass is 16.1. The number of hydrogen-bond donors (Lipinski definition) is 2. The molecule has 1 aliphatic rings. The molecule has 3 nitrogen and oxygen atoms in total. The van der Waals surface area contributed by atoms with Crippen LogP contribution in [0.3, 0.4) is 0 Å². The topological polar surface area (TPSA) is 69.1 Å². The van der Waals surface area contributed by atoms with E-state index in [4.69, 9.17) is 11.5 Å². The van der Waals surface area contributed by atoms with Crippen molar-refractivity contribution in [1.82, 2.24) is 0 Å². The number of primary amides is 1. The summed E-state index contributed by atoms with van der Waals surface area (Å²) in [5.74, 6) is -0.442. The number of carbonyl (C=O) groups is 1. The Morgan fingerprint density at radius 3 is 1.90 bits per heavy atom. The number of amides is 1. The first-order valence-electron chi connectivity index (χ1n) is 6.51. The van der Waals surface area contributed by atoms with Crippen molar-refractivity contribution in [2.75, 3.05) is 0 Å². The Kier molecular flexibility index (Phi) is 2.73. The Bertz CT molecular complexity index is 660. The van der Waals surface area contributed by atoms with Gasteiger partial charge in [0.25, 0.3) is 0 Å². The van der Waals surface area contributed by atoms with E-state index in [-0.39, 0.29) is 0 Å². The fraction of sp³-hybridized carbons (Fsp3) is 0.118. The summed E-state index contributed by atoms with van der Waals surface area (Å²) < 4.78 is 0. The van der Waals surface area contributed by atoms with Gasteiger partial charge in [-0.05, 0) is 22.3 Å². The maximum absolute atomic E-state index is 12.3. The van der Waals surface area contributed by atoms with Crippen molar-refractivity contribution < 1.29 is 4.79 Å². The Morgan fingerprint density at radius 2 is 1.50 bits per heavy atom. The van der Waals surface area contributed by atoms with Crippen molar-refractivity contribution in [3.8, 4) is 11.1 Å². The molecule has 0 saturated heterocycles. The highest BCUT2D eigenvalue weighted by molar-refractivity contribution is 6.01. The summed E-state index contributed by atoms with van der Waals surface area (Å²) in [4.78, 5) is 12.3. The van der Waals surface area contributed by atoms with Crippen LogP contribution in [0.4, 0.5) is 0 Å². The van der Waals surface area contributed by atoms with Gasteiger partial charge < -0.3 is 11.5 Å². The van der Waals surface area contributed by atoms with Crippen LogP contribution in [0, 0.1) is 0 Å². The van der Waals surface area contributed by atoms with Gasteiger partial charge in [-0.3, -0.25) is 4.79 Å². The molecular formula is C17H16N2O. The SMILES string of the molecule is C=CC(N)C1(C(N)=O)c2ccccc2-c2ccccc21. The number of benzene rings is 2. The van der Waals surface area contributed by atoms with Gasteiger partial charge in [-0.25, -0.2) is 0 Å². The van der Waals surface area contributed by atoms with E-state index in [1.807, 2.05) is 48.5 Å². The molecule has 0 fully saturated rings. The summed E-state index contributed by atoms with van der Waals surface area (Å²) in [7, 11) is 0. The molecule has 1 atom stereocenters. The van der Waals surface area contributed by atoms with E-state index >= 15 is 0 Å². The Labute approximate surface area is 117 Å². The Balaban J connectivity index is 2.46. The molecule has 0 saturated carbocycles. The lowest BCUT2D eigenvalue weighted by Gasteiger charge is -2.32. The molecule has 3 heteroatoms. The van der Waals surface area contributed by atoms with Crippen molar-refractivity contribution in [3.05, 3.63) is 72.3 Å². The van der Waals surface area contributed by atoms with Crippen LogP contribution in [0.1, 0.15) is 11.1 Å². The van der Waals surface area contributed by atoms with Gasteiger partial charge in [0.2, 0.25) is 5.91 Å². The average Bonchev–Trinajstić information content (AvgIpc) is 2.78. The largest absolute Gasteiger partial charge is 0.369 e. The second kappa shape index (κ2) is 4.32. The fourth-order valence-electron chi connectivity index (χ4n) is 3.23. The lowest BCUT2D eigenvalue weighted by molar-refractivity contribution is -0.122. The van der Waals surface area contributed by atoms with Crippen LogP contribution < -0.4 is 11.5 Å². The molecule has 2 aromatic rings. The van der Waals surface area contributed by atoms with E-state index in [0.29, 0.717) is 0 Å². The maximum Gasteiger partial charge on any atom is 0.234 e. The minimum atomic E-state index is -1.03. The van der Waals surface area contributed by atoms with Gasteiger partial charge in [-0.2, -0.15) is 0 Å². The third-order valence-corrected chi connectivity index (χ3v) is 4.14. The van der Waals surface area contributed by atoms with Crippen LogP contribution in [0.2, 0.25) is 0 Å². The van der Waals surface area contributed by atoms with Crippen molar-refractivity contribution in [2.45, 2.75) is 11.5 Å². The van der Waals surface area contributed by atoms with E-state index in [1.54, 1.807) is 6.08 Å². The average molecular weight is 264 g/mol. The van der Waals surface area contributed by atoms with E-state index in [9.17, 15) is 4.79 Å². The van der Waals surface area contributed by atoms with Crippen LogP contribution in [-0.2, 0) is 10.2 Å². The molecule has 0 heterocycles. The number of rotatable bonds is 3. The predicted molar refractivity (Wildman–Crippen MR) is 80.0 cm³/mol. The first-order chi connectivity index (χ1) is 9.64. The minimum Gasteiger partial charge on any atom is -0.369 e. The second-order valence-electron chi connectivity index (χ2n) is 5.02. The van der Waals surface area contributed by atoms with E-state index in [1.165, 1.54) is 0 Å². The molecule has 2 aromatic carbocycles. The second-order valence-corrected chi connectivity index (χ2v) is 5.02. The van der Waals surface area contributed by atoms with Crippen LogP contribution >= 0.6 is 0 Å². The highest BCUT2D eigenvalue weighted by Crippen LogP contribution is 2.50. The van der Waals surface area contributed by atoms with Crippen LogP contribution in [-0.4, -0.2) is 11.9 Å². The van der Waals surface area contributed by atoms with Crippen LogP contribution in [0.25, 0.3) is 11.1 Å². The lowest BCUT2D eigenvalue weighted by Crippen LogP contribution is -2.53. The number of nitrogens with two attached hydrogens (primary N) is 2. The minimum absolute atomic E-state index is 0.442. The molecule has 0 aromatic heterocycles. The monoisotopic (exact) mass is 264 g/mol. The van der Waals surface area contributed by atoms with Crippen molar-refractivity contribution >= 4 is 5.91 Å². The Morgan fingerprint density at radius 1 is 1.05 bits per heavy atom. The van der Waals surface area contributed by atoms with Gasteiger partial charge in [-0.1, -0.05) is 54.6 Å². The summed E-state index contributed by atoms with van der Waals surface area (Å²) in [6.45, 7) is 3.75. The highest BCUT2D eigenvalue weighted by Gasteiger charge is 2.51. The fourth-order valence-corrected chi connectivity index (χ4v) is 3.23. The van der Waals surface area contributed by atoms with Crippen LogP contribution in [0.15, 0.2) is 61.2 Å². The molecule has 0 spiro atoms. The van der Waals surface area contributed by atoms with Crippen molar-refractivity contribution in [3.63, 3.8) is 0 Å². The van der Waals surface area contributed by atoms with E-state index in [0.717, 1.165) is 22.3 Å². The quantitative estimate of drug-likeness (QED) is 0.832. The molecule has 0 bridgehead atoms. The third kappa shape index (κ3) is 1.35. The molecule has 1 amide bonds. The summed E-state index contributed by atoms with van der Waals surface area (Å²) in [6.07, 6.45) is 1.59. The van der Waals surface area contributed by atoms with Crippen molar-refractivity contribution in [1.29, 1.82) is 0 Å². The molecular weight excluding hydrogens is 248 g/mol. The normalized spacial score (nSPS) is 16.1. The molecule has 1 unspecified atom stereocenters. The summed E-state index contributed by atoms with van der Waals surface area (Å²) in [5, 5.41) is 0. The van der Waals surface area contributed by atoms with Crippen LogP contribution in [0.5, 0.6) is 0 Å². The first-order valence-corrected chi connectivity index (χ1v) is 6.51. The zero-order valence-corrected chi connectivity index (χ0v) is 11.0. The number of hydrogen-bond acceptors (Lipinski definition) is 2. The van der Waals surface area contributed by atoms with Gasteiger partial charge >= 0.3 is 0 Å². The van der Waals surface area contributed by atoms with Gasteiger partial charge in [0, 0.05) is 6.04 Å². The zero-order valence-electron chi connectivity index (χ0n) is 11.0. The standard InChI is InChI=1S/C17H16N2O/c1-2-15(18)17(16(19)20)13-9-5-3-7-11(13)12-8-4-6-10-14(12)17/h2-10,15H,1,18H2,(H2,19,20). The number of carbonyl (C=O) groups excluding carboxylic acids is 1. The third-order valence-electron chi connectivity index (χ3n) is 4.14. The maximum atomic E-state index is 12.3. The molecule has 1 aliphatic carbocycles. The lowest BCUT2D eigenvalue weighted by atomic mass is 9.71. The zero-order chi connectivity index (χ0) is 14.3. The van der Waals surface area contributed by atoms with Gasteiger partial charge in [-0.15, -0.1) is 6.58 Å². The van der Waals surface area contributed by atoms with Gasteiger partial charge in [0.15, 0.2) is 0 Å².